The van der Waals surface area contributed by atoms with Crippen LogP contribution in [0.25, 0.3) is 5.65 Å². The standard InChI is InChI=1S/C11H11ClFIN4/c1-6-10(14)18-11(15-6)8(4-9(12)16-18)17-3-2-7(13)5-17/h4,7H,2-3,5H2,1H3/t7-/m1/s1. The van der Waals surface area contributed by atoms with Gasteiger partial charge in [-0.25, -0.2) is 13.9 Å². The topological polar surface area (TPSA) is 33.4 Å². The van der Waals surface area contributed by atoms with E-state index in [1.54, 1.807) is 10.6 Å². The van der Waals surface area contributed by atoms with Gasteiger partial charge in [-0.1, -0.05) is 11.6 Å². The van der Waals surface area contributed by atoms with Crippen molar-refractivity contribution in [3.63, 3.8) is 0 Å². The third-order valence-corrected chi connectivity index (χ3v) is 4.53. The van der Waals surface area contributed by atoms with Gasteiger partial charge in [-0.05, 0) is 35.9 Å². The lowest BCUT2D eigenvalue weighted by atomic mass is 10.3. The molecule has 0 radical (unpaired) electrons. The summed E-state index contributed by atoms with van der Waals surface area (Å²) in [4.78, 5) is 6.48. The first kappa shape index (κ1) is 12.4. The summed E-state index contributed by atoms with van der Waals surface area (Å²) in [6.07, 6.45) is -0.213. The van der Waals surface area contributed by atoms with Crippen molar-refractivity contribution in [2.24, 2.45) is 0 Å². The first-order chi connectivity index (χ1) is 8.56. The van der Waals surface area contributed by atoms with Crippen LogP contribution in [0.1, 0.15) is 12.1 Å². The second-order valence-electron chi connectivity index (χ2n) is 4.41. The van der Waals surface area contributed by atoms with Gasteiger partial charge in [0.15, 0.2) is 10.8 Å². The fraction of sp³-hybridized carbons (Fsp3) is 0.455. The molecule has 1 atom stereocenters. The van der Waals surface area contributed by atoms with Gasteiger partial charge < -0.3 is 4.90 Å². The summed E-state index contributed by atoms with van der Waals surface area (Å²) in [6, 6.07) is 1.76. The van der Waals surface area contributed by atoms with Crippen LogP contribution in [0.3, 0.4) is 0 Å². The molecule has 0 unspecified atom stereocenters. The maximum absolute atomic E-state index is 13.3. The lowest BCUT2D eigenvalue weighted by Crippen LogP contribution is -2.21. The maximum atomic E-state index is 13.3. The van der Waals surface area contributed by atoms with E-state index < -0.39 is 6.17 Å². The highest BCUT2D eigenvalue weighted by Gasteiger charge is 2.25. The molecule has 0 N–H and O–H groups in total. The number of imidazole rings is 1. The summed E-state index contributed by atoms with van der Waals surface area (Å²) in [6.45, 7) is 3.02. The molecule has 2 aromatic heterocycles. The minimum Gasteiger partial charge on any atom is -0.365 e. The van der Waals surface area contributed by atoms with Crippen LogP contribution in [0.15, 0.2) is 6.07 Å². The summed E-state index contributed by atoms with van der Waals surface area (Å²) in [5.41, 5.74) is 2.51. The fourth-order valence-electron chi connectivity index (χ4n) is 2.23. The SMILES string of the molecule is Cc1nc2c(N3CC[C@@H](F)C3)cc(Cl)nn2c1I. The molecule has 4 nitrogen and oxygen atoms in total. The van der Waals surface area contributed by atoms with Crippen LogP contribution in [-0.4, -0.2) is 33.9 Å². The molecule has 1 fully saturated rings. The predicted octanol–water partition coefficient (Wildman–Crippen LogP) is 2.84. The molecule has 3 rings (SSSR count). The summed E-state index contributed by atoms with van der Waals surface area (Å²) in [5.74, 6) is 0. The third kappa shape index (κ3) is 1.95. The van der Waals surface area contributed by atoms with E-state index >= 15 is 0 Å². The summed E-state index contributed by atoms with van der Waals surface area (Å²) in [5, 5.41) is 4.64. The van der Waals surface area contributed by atoms with Crippen molar-refractivity contribution >= 4 is 45.5 Å². The molecular formula is C11H11ClFIN4. The minimum absolute atomic E-state index is 0.398. The number of aromatic nitrogens is 3. The number of alkyl halides is 1. The Morgan fingerprint density at radius 3 is 3.00 bits per heavy atom. The van der Waals surface area contributed by atoms with Crippen LogP contribution >= 0.6 is 34.2 Å². The lowest BCUT2D eigenvalue weighted by molar-refractivity contribution is 0.364. The van der Waals surface area contributed by atoms with Crippen LogP contribution in [-0.2, 0) is 0 Å². The Morgan fingerprint density at radius 2 is 2.33 bits per heavy atom. The van der Waals surface area contributed by atoms with Gasteiger partial charge in [0.05, 0.1) is 11.4 Å². The number of halogens is 3. The van der Waals surface area contributed by atoms with Gasteiger partial charge in [0.2, 0.25) is 0 Å². The smallest absolute Gasteiger partial charge is 0.178 e. The normalized spacial score (nSPS) is 20.0. The van der Waals surface area contributed by atoms with Gasteiger partial charge in [-0.2, -0.15) is 5.10 Å². The zero-order valence-electron chi connectivity index (χ0n) is 9.70. The van der Waals surface area contributed by atoms with E-state index in [4.69, 9.17) is 11.6 Å². The van der Waals surface area contributed by atoms with E-state index in [9.17, 15) is 4.39 Å². The average molecular weight is 381 g/mol. The molecule has 1 aliphatic rings. The van der Waals surface area contributed by atoms with Gasteiger partial charge in [0.25, 0.3) is 0 Å². The van der Waals surface area contributed by atoms with Crippen molar-refractivity contribution in [1.29, 1.82) is 0 Å². The first-order valence-electron chi connectivity index (χ1n) is 5.66. The molecule has 0 amide bonds. The average Bonchev–Trinajstić information content (AvgIpc) is 2.86. The van der Waals surface area contributed by atoms with E-state index in [1.165, 1.54) is 0 Å². The van der Waals surface area contributed by atoms with Gasteiger partial charge >= 0.3 is 0 Å². The van der Waals surface area contributed by atoms with Gasteiger partial charge in [0, 0.05) is 19.2 Å². The van der Waals surface area contributed by atoms with Crippen LogP contribution in [0.4, 0.5) is 10.1 Å². The number of anilines is 1. The zero-order valence-corrected chi connectivity index (χ0v) is 12.6. The minimum atomic E-state index is -0.771. The van der Waals surface area contributed by atoms with Crippen molar-refractivity contribution in [3.8, 4) is 0 Å². The van der Waals surface area contributed by atoms with Gasteiger partial charge in [-0.15, -0.1) is 0 Å². The summed E-state index contributed by atoms with van der Waals surface area (Å²) >= 11 is 8.22. The van der Waals surface area contributed by atoms with Crippen molar-refractivity contribution < 1.29 is 4.39 Å². The second kappa shape index (κ2) is 4.48. The van der Waals surface area contributed by atoms with Gasteiger partial charge in [-0.3, -0.25) is 0 Å². The highest BCUT2D eigenvalue weighted by Crippen LogP contribution is 2.29. The largest absolute Gasteiger partial charge is 0.365 e. The summed E-state index contributed by atoms with van der Waals surface area (Å²) in [7, 11) is 0. The monoisotopic (exact) mass is 380 g/mol. The molecule has 96 valence electrons. The molecule has 7 heteroatoms. The molecule has 0 saturated carbocycles. The fourth-order valence-corrected chi connectivity index (χ4v) is 2.86. The van der Waals surface area contributed by atoms with Crippen LogP contribution < -0.4 is 4.90 Å². The molecule has 0 aliphatic carbocycles. The van der Waals surface area contributed by atoms with E-state index in [-0.39, 0.29) is 0 Å². The maximum Gasteiger partial charge on any atom is 0.178 e. The number of nitrogens with zero attached hydrogens (tertiary/aromatic N) is 4. The number of aryl methyl sites for hydroxylation is 1. The van der Waals surface area contributed by atoms with Gasteiger partial charge in [0.1, 0.15) is 9.87 Å². The molecule has 3 heterocycles. The lowest BCUT2D eigenvalue weighted by Gasteiger charge is -2.18. The van der Waals surface area contributed by atoms with Crippen molar-refractivity contribution in [2.75, 3.05) is 18.0 Å². The number of fused-ring (bicyclic) bond motifs is 1. The van der Waals surface area contributed by atoms with Crippen molar-refractivity contribution in [2.45, 2.75) is 19.5 Å². The highest BCUT2D eigenvalue weighted by molar-refractivity contribution is 14.1. The van der Waals surface area contributed by atoms with Crippen molar-refractivity contribution in [1.82, 2.24) is 14.6 Å². The van der Waals surface area contributed by atoms with E-state index in [1.807, 2.05) is 11.8 Å². The molecule has 2 aromatic rings. The van der Waals surface area contributed by atoms with E-state index in [2.05, 4.69) is 32.7 Å². The number of hydrogen-bond acceptors (Lipinski definition) is 3. The third-order valence-electron chi connectivity index (χ3n) is 3.11. The Morgan fingerprint density at radius 1 is 1.56 bits per heavy atom. The number of rotatable bonds is 1. The van der Waals surface area contributed by atoms with Crippen LogP contribution in [0.2, 0.25) is 5.15 Å². The molecule has 18 heavy (non-hydrogen) atoms. The Labute approximate surface area is 122 Å². The molecule has 1 saturated heterocycles. The molecule has 0 spiro atoms. The zero-order chi connectivity index (χ0) is 12.9. The van der Waals surface area contributed by atoms with E-state index in [0.717, 1.165) is 20.7 Å². The Balaban J connectivity index is 2.19. The molecule has 0 bridgehead atoms. The quantitative estimate of drug-likeness (QED) is 0.714. The Kier molecular flexibility index (Phi) is 3.09. The predicted molar refractivity (Wildman–Crippen MR) is 77.2 cm³/mol. The molecule has 0 aromatic carbocycles. The first-order valence-corrected chi connectivity index (χ1v) is 7.12. The van der Waals surface area contributed by atoms with E-state index in [0.29, 0.717) is 24.7 Å². The highest BCUT2D eigenvalue weighted by atomic mass is 127. The summed E-state index contributed by atoms with van der Waals surface area (Å²) < 4.78 is 16.0. The van der Waals surface area contributed by atoms with Crippen molar-refractivity contribution in [3.05, 3.63) is 20.6 Å². The molecular weight excluding hydrogens is 370 g/mol. The van der Waals surface area contributed by atoms with Crippen LogP contribution in [0, 0.1) is 10.6 Å². The second-order valence-corrected chi connectivity index (χ2v) is 5.82. The Hall–Kier alpha value is -0.630. The Bertz CT molecular complexity index is 615. The van der Waals surface area contributed by atoms with Crippen LogP contribution in [0.5, 0.6) is 0 Å². The molecule has 1 aliphatic heterocycles. The number of hydrogen-bond donors (Lipinski definition) is 0.